The molecule has 3 heteroatoms. The third-order valence-corrected chi connectivity index (χ3v) is 4.08. The molecule has 0 amide bonds. The van der Waals surface area contributed by atoms with E-state index in [2.05, 4.69) is 59.4 Å². The van der Waals surface area contributed by atoms with Gasteiger partial charge in [0.15, 0.2) is 0 Å². The van der Waals surface area contributed by atoms with Crippen molar-refractivity contribution in [1.29, 1.82) is 0 Å². The smallest absolute Gasteiger partial charge is 0.0745 e. The highest BCUT2D eigenvalue weighted by atomic mass is 79.9. The number of para-hydroxylation sites is 1. The summed E-state index contributed by atoms with van der Waals surface area (Å²) in [4.78, 5) is 0. The Labute approximate surface area is 129 Å². The second-order valence-electron chi connectivity index (χ2n) is 5.18. The second-order valence-corrected chi connectivity index (χ2v) is 6.04. The molecule has 0 saturated heterocycles. The summed E-state index contributed by atoms with van der Waals surface area (Å²) in [7, 11) is 0. The number of anilines is 1. The molecule has 0 heterocycles. The zero-order chi connectivity index (χ0) is 14.5. The Balaban J connectivity index is 2.18. The van der Waals surface area contributed by atoms with Gasteiger partial charge in [0.25, 0.3) is 0 Å². The number of aliphatic hydroxyl groups excluding tert-OH is 1. The molecule has 0 spiro atoms. The van der Waals surface area contributed by atoms with Crippen LogP contribution in [-0.2, 0) is 0 Å². The van der Waals surface area contributed by atoms with E-state index < -0.39 is 0 Å². The highest BCUT2D eigenvalue weighted by Gasteiger charge is 2.12. The number of benzene rings is 2. The van der Waals surface area contributed by atoms with Crippen molar-refractivity contribution < 1.29 is 5.11 Å². The molecule has 0 aliphatic rings. The molecule has 2 rings (SSSR count). The summed E-state index contributed by atoms with van der Waals surface area (Å²) in [6.45, 7) is 4.41. The van der Waals surface area contributed by atoms with Crippen molar-refractivity contribution in [2.75, 3.05) is 11.9 Å². The van der Waals surface area contributed by atoms with E-state index >= 15 is 0 Å². The fraction of sp³-hybridized carbons (Fsp3) is 0.294. The lowest BCUT2D eigenvalue weighted by molar-refractivity contribution is 0.276. The molecule has 2 aromatic rings. The number of rotatable bonds is 5. The Kier molecular flexibility index (Phi) is 5.21. The zero-order valence-corrected chi connectivity index (χ0v) is 13.4. The lowest BCUT2D eigenvalue weighted by atomic mass is 9.99. The molecule has 2 nitrogen and oxygen atoms in total. The van der Waals surface area contributed by atoms with Crippen molar-refractivity contribution in [2.24, 2.45) is 0 Å². The first-order valence-corrected chi connectivity index (χ1v) is 7.63. The number of nitrogens with one attached hydrogen (secondary N) is 1. The van der Waals surface area contributed by atoms with E-state index in [-0.39, 0.29) is 12.6 Å². The van der Waals surface area contributed by atoms with Gasteiger partial charge >= 0.3 is 0 Å². The maximum Gasteiger partial charge on any atom is 0.0745 e. The number of hydrogen-bond acceptors (Lipinski definition) is 2. The van der Waals surface area contributed by atoms with Crippen LogP contribution in [0.3, 0.4) is 0 Å². The summed E-state index contributed by atoms with van der Waals surface area (Å²) in [5.74, 6) is 0.521. The van der Waals surface area contributed by atoms with Gasteiger partial charge in [0.1, 0.15) is 0 Å². The van der Waals surface area contributed by atoms with E-state index in [1.54, 1.807) is 0 Å². The fourth-order valence-corrected chi connectivity index (χ4v) is 2.51. The van der Waals surface area contributed by atoms with Crippen molar-refractivity contribution in [3.05, 3.63) is 64.1 Å². The second kappa shape index (κ2) is 6.91. The minimum absolute atomic E-state index is 0.0579. The standard InChI is InChI=1S/C17H20BrNO/c1-12(2)13-7-9-14(10-8-13)17(11-20)19-16-6-4-3-5-15(16)18/h3-10,12,17,19-20H,11H2,1-2H3. The predicted octanol–water partition coefficient (Wildman–Crippen LogP) is 4.72. The summed E-state index contributed by atoms with van der Waals surface area (Å²) >= 11 is 3.51. The molecule has 0 aliphatic heterocycles. The van der Waals surface area contributed by atoms with E-state index in [1.165, 1.54) is 5.56 Å². The van der Waals surface area contributed by atoms with E-state index in [1.807, 2.05) is 24.3 Å². The lowest BCUT2D eigenvalue weighted by Crippen LogP contribution is -2.15. The first-order valence-electron chi connectivity index (χ1n) is 6.83. The summed E-state index contributed by atoms with van der Waals surface area (Å²) in [6, 6.07) is 16.3. The lowest BCUT2D eigenvalue weighted by Gasteiger charge is -2.19. The van der Waals surface area contributed by atoms with Gasteiger partial charge in [-0.05, 0) is 45.1 Å². The average Bonchev–Trinajstić information content (AvgIpc) is 2.46. The van der Waals surface area contributed by atoms with Gasteiger partial charge in [-0.15, -0.1) is 0 Å². The van der Waals surface area contributed by atoms with Gasteiger partial charge in [-0.2, -0.15) is 0 Å². The maximum atomic E-state index is 9.63. The fourth-order valence-electron chi connectivity index (χ4n) is 2.11. The van der Waals surface area contributed by atoms with Crippen LogP contribution in [-0.4, -0.2) is 11.7 Å². The molecule has 106 valence electrons. The van der Waals surface area contributed by atoms with Crippen LogP contribution >= 0.6 is 15.9 Å². The van der Waals surface area contributed by atoms with Crippen LogP contribution in [0.1, 0.15) is 36.9 Å². The Morgan fingerprint density at radius 3 is 2.15 bits per heavy atom. The molecular formula is C17H20BrNO. The zero-order valence-electron chi connectivity index (χ0n) is 11.8. The minimum atomic E-state index is -0.102. The number of halogens is 1. The highest BCUT2D eigenvalue weighted by molar-refractivity contribution is 9.10. The molecule has 2 aromatic carbocycles. The predicted molar refractivity (Wildman–Crippen MR) is 88.1 cm³/mol. The molecule has 2 N–H and O–H groups in total. The molecule has 0 fully saturated rings. The summed E-state index contributed by atoms with van der Waals surface area (Å²) < 4.78 is 0.997. The van der Waals surface area contributed by atoms with Crippen molar-refractivity contribution in [1.82, 2.24) is 0 Å². The van der Waals surface area contributed by atoms with Crippen LogP contribution in [0.5, 0.6) is 0 Å². The van der Waals surface area contributed by atoms with Crippen LogP contribution in [0.25, 0.3) is 0 Å². The molecule has 0 aromatic heterocycles. The van der Waals surface area contributed by atoms with Gasteiger partial charge in [0.2, 0.25) is 0 Å². The van der Waals surface area contributed by atoms with Gasteiger partial charge in [-0.3, -0.25) is 0 Å². The monoisotopic (exact) mass is 333 g/mol. The van der Waals surface area contributed by atoms with Crippen LogP contribution < -0.4 is 5.32 Å². The van der Waals surface area contributed by atoms with Crippen LogP contribution in [0.4, 0.5) is 5.69 Å². The molecule has 0 aliphatic carbocycles. The molecule has 0 radical (unpaired) electrons. The van der Waals surface area contributed by atoms with Gasteiger partial charge in [-0.25, -0.2) is 0 Å². The molecular weight excluding hydrogens is 314 g/mol. The number of hydrogen-bond donors (Lipinski definition) is 2. The summed E-state index contributed by atoms with van der Waals surface area (Å²) in [6.07, 6.45) is 0. The summed E-state index contributed by atoms with van der Waals surface area (Å²) in [5.41, 5.74) is 3.39. The van der Waals surface area contributed by atoms with Gasteiger partial charge in [0, 0.05) is 10.2 Å². The Hall–Kier alpha value is -1.32. The van der Waals surface area contributed by atoms with E-state index in [0.717, 1.165) is 15.7 Å². The Morgan fingerprint density at radius 2 is 1.60 bits per heavy atom. The van der Waals surface area contributed by atoms with Crippen LogP contribution in [0.15, 0.2) is 53.0 Å². The first kappa shape index (κ1) is 15.1. The minimum Gasteiger partial charge on any atom is -0.394 e. The molecule has 0 saturated carbocycles. The average molecular weight is 334 g/mol. The van der Waals surface area contributed by atoms with Crippen molar-refractivity contribution in [3.8, 4) is 0 Å². The molecule has 20 heavy (non-hydrogen) atoms. The Morgan fingerprint density at radius 1 is 1.00 bits per heavy atom. The van der Waals surface area contributed by atoms with Gasteiger partial charge in [0.05, 0.1) is 12.6 Å². The normalized spacial score (nSPS) is 12.4. The van der Waals surface area contributed by atoms with Crippen LogP contribution in [0, 0.1) is 0 Å². The first-order chi connectivity index (χ1) is 9.61. The van der Waals surface area contributed by atoms with E-state index in [4.69, 9.17) is 0 Å². The van der Waals surface area contributed by atoms with E-state index in [9.17, 15) is 5.11 Å². The highest BCUT2D eigenvalue weighted by Crippen LogP contribution is 2.27. The van der Waals surface area contributed by atoms with Gasteiger partial charge in [-0.1, -0.05) is 50.2 Å². The third kappa shape index (κ3) is 3.62. The van der Waals surface area contributed by atoms with Crippen LogP contribution in [0.2, 0.25) is 0 Å². The van der Waals surface area contributed by atoms with E-state index in [0.29, 0.717) is 5.92 Å². The number of aliphatic hydroxyl groups is 1. The quantitative estimate of drug-likeness (QED) is 0.829. The third-order valence-electron chi connectivity index (χ3n) is 3.39. The van der Waals surface area contributed by atoms with Crippen molar-refractivity contribution in [3.63, 3.8) is 0 Å². The summed E-state index contributed by atoms with van der Waals surface area (Å²) in [5, 5.41) is 13.0. The molecule has 0 bridgehead atoms. The maximum absolute atomic E-state index is 9.63. The molecule has 1 unspecified atom stereocenters. The molecule has 1 atom stereocenters. The van der Waals surface area contributed by atoms with Crippen molar-refractivity contribution >= 4 is 21.6 Å². The SMILES string of the molecule is CC(C)c1ccc(C(CO)Nc2ccccc2Br)cc1. The Bertz CT molecular complexity index is 551. The van der Waals surface area contributed by atoms with Crippen molar-refractivity contribution in [2.45, 2.75) is 25.8 Å². The largest absolute Gasteiger partial charge is 0.394 e. The topological polar surface area (TPSA) is 32.3 Å². The van der Waals surface area contributed by atoms with Gasteiger partial charge < -0.3 is 10.4 Å².